The fourth-order valence-electron chi connectivity index (χ4n) is 2.14. The lowest BCUT2D eigenvalue weighted by Crippen LogP contribution is -2.05. The van der Waals surface area contributed by atoms with Crippen LogP contribution in [0.1, 0.15) is 36.7 Å². The zero-order valence-electron chi connectivity index (χ0n) is 12.4. The molecular weight excluding hydrogens is 248 g/mol. The number of hydrogen-bond donors (Lipinski definition) is 0. The maximum Gasteiger partial charge on any atom is 0.159 e. The van der Waals surface area contributed by atoms with Gasteiger partial charge >= 0.3 is 0 Å². The van der Waals surface area contributed by atoms with Gasteiger partial charge in [-0.25, -0.2) is 0 Å². The van der Waals surface area contributed by atoms with Crippen LogP contribution in [0.5, 0.6) is 5.75 Å². The summed E-state index contributed by atoms with van der Waals surface area (Å²) in [4.78, 5) is 11.5. The van der Waals surface area contributed by atoms with Gasteiger partial charge in [0.15, 0.2) is 5.78 Å². The molecule has 104 valence electrons. The number of ketones is 1. The summed E-state index contributed by atoms with van der Waals surface area (Å²) in [6, 6.07) is 13.8. The van der Waals surface area contributed by atoms with Crippen molar-refractivity contribution >= 4 is 5.78 Å². The summed E-state index contributed by atoms with van der Waals surface area (Å²) in [6.07, 6.45) is 0.170. The fraction of sp³-hybridized carbons (Fsp3) is 0.278. The Balaban J connectivity index is 2.36. The molecule has 0 N–H and O–H groups in total. The minimum atomic E-state index is 0.0889. The summed E-state index contributed by atoms with van der Waals surface area (Å²) in [5.41, 5.74) is 4.09. The molecule has 0 aliphatic heterocycles. The Labute approximate surface area is 120 Å². The van der Waals surface area contributed by atoms with E-state index in [9.17, 15) is 4.79 Å². The molecular formula is C18H20O2. The monoisotopic (exact) mass is 268 g/mol. The second-order valence-electron chi connectivity index (χ2n) is 5.28. The van der Waals surface area contributed by atoms with Gasteiger partial charge in [-0.1, -0.05) is 24.3 Å². The maximum absolute atomic E-state index is 11.5. The number of carbonyl (C=O) groups is 1. The Morgan fingerprint density at radius 1 is 1.05 bits per heavy atom. The molecule has 2 nitrogen and oxygen atoms in total. The fourth-order valence-corrected chi connectivity index (χ4v) is 2.14. The normalized spacial score (nSPS) is 10.7. The van der Waals surface area contributed by atoms with Crippen LogP contribution in [-0.4, -0.2) is 11.9 Å². The minimum absolute atomic E-state index is 0.0889. The zero-order valence-corrected chi connectivity index (χ0v) is 12.4. The Bertz CT molecular complexity index is 610. The van der Waals surface area contributed by atoms with Crippen molar-refractivity contribution in [1.29, 1.82) is 0 Å². The molecule has 0 fully saturated rings. The first-order valence-corrected chi connectivity index (χ1v) is 6.86. The summed E-state index contributed by atoms with van der Waals surface area (Å²) >= 11 is 0. The third-order valence-electron chi connectivity index (χ3n) is 3.18. The number of rotatable bonds is 4. The van der Waals surface area contributed by atoms with Crippen molar-refractivity contribution in [3.63, 3.8) is 0 Å². The summed E-state index contributed by atoms with van der Waals surface area (Å²) in [5.74, 6) is 0.954. The van der Waals surface area contributed by atoms with Crippen LogP contribution >= 0.6 is 0 Å². The van der Waals surface area contributed by atoms with Gasteiger partial charge in [-0.2, -0.15) is 0 Å². The van der Waals surface area contributed by atoms with Gasteiger partial charge in [-0.15, -0.1) is 0 Å². The lowest BCUT2D eigenvalue weighted by atomic mass is 9.97. The van der Waals surface area contributed by atoms with E-state index in [1.54, 1.807) is 6.92 Å². The van der Waals surface area contributed by atoms with Gasteiger partial charge in [0, 0.05) is 5.56 Å². The summed E-state index contributed by atoms with van der Waals surface area (Å²) in [7, 11) is 0. The van der Waals surface area contributed by atoms with Crippen molar-refractivity contribution in [3.05, 3.63) is 53.6 Å². The van der Waals surface area contributed by atoms with Crippen LogP contribution in [0.25, 0.3) is 11.1 Å². The van der Waals surface area contributed by atoms with E-state index < -0.39 is 0 Å². The van der Waals surface area contributed by atoms with Crippen molar-refractivity contribution < 1.29 is 9.53 Å². The predicted molar refractivity (Wildman–Crippen MR) is 82.4 cm³/mol. The molecule has 2 rings (SSSR count). The average molecular weight is 268 g/mol. The van der Waals surface area contributed by atoms with Crippen LogP contribution in [0.4, 0.5) is 0 Å². The molecule has 0 saturated heterocycles. The lowest BCUT2D eigenvalue weighted by Gasteiger charge is -2.11. The van der Waals surface area contributed by atoms with Crippen LogP contribution in [0.3, 0.4) is 0 Å². The largest absolute Gasteiger partial charge is 0.491 e. The van der Waals surface area contributed by atoms with E-state index >= 15 is 0 Å². The third kappa shape index (κ3) is 3.27. The Morgan fingerprint density at radius 3 is 2.25 bits per heavy atom. The van der Waals surface area contributed by atoms with Crippen molar-refractivity contribution in [2.75, 3.05) is 0 Å². The molecule has 0 saturated carbocycles. The number of Topliss-reactive ketones (excluding diaryl/α,β-unsaturated/α-hetero) is 1. The highest BCUT2D eigenvalue weighted by atomic mass is 16.5. The summed E-state index contributed by atoms with van der Waals surface area (Å²) < 4.78 is 5.64. The molecule has 0 amide bonds. The van der Waals surface area contributed by atoms with E-state index in [1.165, 1.54) is 0 Å². The SMILES string of the molecule is CC(=O)c1ccc(C)c(-c2ccc(OC(C)C)cc2)c1. The predicted octanol–water partition coefficient (Wildman–Crippen LogP) is 4.65. The van der Waals surface area contributed by atoms with E-state index in [0.29, 0.717) is 0 Å². The van der Waals surface area contributed by atoms with Crippen LogP contribution in [0.2, 0.25) is 0 Å². The molecule has 0 aliphatic rings. The van der Waals surface area contributed by atoms with E-state index in [-0.39, 0.29) is 11.9 Å². The Kier molecular flexibility index (Phi) is 4.23. The Morgan fingerprint density at radius 2 is 1.70 bits per heavy atom. The smallest absolute Gasteiger partial charge is 0.159 e. The highest BCUT2D eigenvalue weighted by Crippen LogP contribution is 2.27. The molecule has 20 heavy (non-hydrogen) atoms. The number of benzene rings is 2. The highest BCUT2D eigenvalue weighted by Gasteiger charge is 2.07. The molecule has 2 aromatic carbocycles. The van der Waals surface area contributed by atoms with Gasteiger partial charge in [0.25, 0.3) is 0 Å². The first kappa shape index (κ1) is 14.3. The molecule has 0 atom stereocenters. The summed E-state index contributed by atoms with van der Waals surface area (Å²) in [6.45, 7) is 7.66. The van der Waals surface area contributed by atoms with Crippen LogP contribution in [0.15, 0.2) is 42.5 Å². The van der Waals surface area contributed by atoms with Gasteiger partial charge in [0.05, 0.1) is 6.10 Å². The molecule has 0 aliphatic carbocycles. The molecule has 2 heteroatoms. The number of hydrogen-bond acceptors (Lipinski definition) is 2. The van der Waals surface area contributed by atoms with E-state index in [0.717, 1.165) is 28.0 Å². The highest BCUT2D eigenvalue weighted by molar-refractivity contribution is 5.95. The zero-order chi connectivity index (χ0) is 14.7. The topological polar surface area (TPSA) is 26.3 Å². The second kappa shape index (κ2) is 5.91. The maximum atomic E-state index is 11.5. The van der Waals surface area contributed by atoms with Crippen LogP contribution < -0.4 is 4.74 Å². The van der Waals surface area contributed by atoms with E-state index in [1.807, 2.05) is 56.3 Å². The number of aryl methyl sites for hydroxylation is 1. The van der Waals surface area contributed by atoms with Gasteiger partial charge in [0.1, 0.15) is 5.75 Å². The Hall–Kier alpha value is -2.09. The lowest BCUT2D eigenvalue weighted by molar-refractivity contribution is 0.101. The van der Waals surface area contributed by atoms with Gasteiger partial charge < -0.3 is 4.74 Å². The quantitative estimate of drug-likeness (QED) is 0.754. The molecule has 0 unspecified atom stereocenters. The molecule has 0 spiro atoms. The number of carbonyl (C=O) groups excluding carboxylic acids is 1. The molecule has 0 heterocycles. The van der Waals surface area contributed by atoms with Crippen LogP contribution in [0, 0.1) is 6.92 Å². The molecule has 0 radical (unpaired) electrons. The minimum Gasteiger partial charge on any atom is -0.491 e. The first-order chi connectivity index (χ1) is 9.47. The van der Waals surface area contributed by atoms with Crippen LogP contribution in [-0.2, 0) is 0 Å². The van der Waals surface area contributed by atoms with Gasteiger partial charge in [-0.3, -0.25) is 4.79 Å². The average Bonchev–Trinajstić information content (AvgIpc) is 2.39. The third-order valence-corrected chi connectivity index (χ3v) is 3.18. The van der Waals surface area contributed by atoms with E-state index in [2.05, 4.69) is 6.92 Å². The first-order valence-electron chi connectivity index (χ1n) is 6.86. The molecule has 0 aromatic heterocycles. The van der Waals surface area contributed by atoms with Crippen molar-refractivity contribution in [2.24, 2.45) is 0 Å². The van der Waals surface area contributed by atoms with Crippen molar-refractivity contribution in [3.8, 4) is 16.9 Å². The van der Waals surface area contributed by atoms with E-state index in [4.69, 9.17) is 4.74 Å². The van der Waals surface area contributed by atoms with Crippen molar-refractivity contribution in [2.45, 2.75) is 33.8 Å². The van der Waals surface area contributed by atoms with Crippen molar-refractivity contribution in [1.82, 2.24) is 0 Å². The molecule has 2 aromatic rings. The van der Waals surface area contributed by atoms with Gasteiger partial charge in [0.2, 0.25) is 0 Å². The standard InChI is InChI=1S/C18H20O2/c1-12(2)20-17-9-7-15(8-10-17)18-11-16(14(4)19)6-5-13(18)3/h5-12H,1-4H3. The summed E-state index contributed by atoms with van der Waals surface area (Å²) in [5, 5.41) is 0. The second-order valence-corrected chi connectivity index (χ2v) is 5.28. The molecule has 0 bridgehead atoms. The van der Waals surface area contributed by atoms with Gasteiger partial charge in [-0.05, 0) is 62.6 Å². The number of ether oxygens (including phenoxy) is 1.